The smallest absolute Gasteiger partial charge is 0.377 e. The van der Waals surface area contributed by atoms with Crippen LogP contribution in [0.25, 0.3) is 0 Å². The second-order valence-corrected chi connectivity index (χ2v) is 7.11. The molecule has 4 amide bonds. The fourth-order valence-corrected chi connectivity index (χ4v) is 3.39. The van der Waals surface area contributed by atoms with E-state index in [1.54, 1.807) is 0 Å². The zero-order valence-corrected chi connectivity index (χ0v) is 13.2. The average molecular weight is 308 g/mol. The van der Waals surface area contributed by atoms with Crippen LogP contribution in [0.5, 0.6) is 0 Å². The Morgan fingerprint density at radius 1 is 1.10 bits per heavy atom. The summed E-state index contributed by atoms with van der Waals surface area (Å²) in [6, 6.07) is -0.640. The van der Waals surface area contributed by atoms with Crippen LogP contribution in [-0.2, 0) is 13.3 Å². The summed E-state index contributed by atoms with van der Waals surface area (Å²) in [5.74, 6) is 0. The van der Waals surface area contributed by atoms with Crippen molar-refractivity contribution >= 4 is 20.9 Å². The van der Waals surface area contributed by atoms with Crippen molar-refractivity contribution in [3.63, 3.8) is 0 Å². The zero-order valence-electron chi connectivity index (χ0n) is 12.2. The second-order valence-electron chi connectivity index (χ2n) is 4.02. The maximum atomic E-state index is 11.3. The molecular weight excluding hydrogens is 284 g/mol. The van der Waals surface area contributed by atoms with Gasteiger partial charge in [0.1, 0.15) is 0 Å². The molecule has 0 aliphatic carbocycles. The number of nitrogens with zero attached hydrogens (tertiary/aromatic N) is 1. The minimum Gasteiger partial charge on any atom is -0.377 e. The van der Waals surface area contributed by atoms with Crippen LogP contribution in [0.15, 0.2) is 0 Å². The van der Waals surface area contributed by atoms with Crippen LogP contribution >= 0.6 is 0 Å². The monoisotopic (exact) mass is 308 g/mol. The van der Waals surface area contributed by atoms with Gasteiger partial charge in [-0.05, 0) is 6.42 Å². The first-order chi connectivity index (χ1) is 9.40. The number of carbonyl (C=O) groups excluding carboxylic acids is 2. The Hall–Kier alpha value is -1.36. The molecule has 9 nitrogen and oxygen atoms in total. The molecule has 0 aromatic rings. The average Bonchev–Trinajstić information content (AvgIpc) is 2.41. The number of nitrogens with two attached hydrogens (primary N) is 2. The summed E-state index contributed by atoms with van der Waals surface area (Å²) in [4.78, 5) is 23.2. The predicted molar refractivity (Wildman–Crippen MR) is 74.9 cm³/mol. The number of hydrogen-bond donors (Lipinski definition) is 3. The lowest BCUT2D eigenvalue weighted by Gasteiger charge is -2.26. The summed E-state index contributed by atoms with van der Waals surface area (Å²) in [5.41, 5.74) is 10.2. The first-order valence-corrected chi connectivity index (χ1v) is 8.07. The molecule has 0 aromatic carbocycles. The van der Waals surface area contributed by atoms with Gasteiger partial charge in [0.25, 0.3) is 0 Å². The predicted octanol–water partition coefficient (Wildman–Crippen LogP) is -0.696. The topological polar surface area (TPSA) is 129 Å². The van der Waals surface area contributed by atoms with Crippen molar-refractivity contribution in [2.45, 2.75) is 12.5 Å². The standard InChI is InChI=1S/C10H24N4O5Si/c1-17-20(18-2,19-3)8-4-6-14(10(12)16)7-5-13-9(11)15/h4-8H2,1-3H3,(H2,12,16)(H3,11,13,15). The Labute approximate surface area is 119 Å². The van der Waals surface area contributed by atoms with Crippen LogP contribution in [-0.4, -0.2) is 66.7 Å². The summed E-state index contributed by atoms with van der Waals surface area (Å²) >= 11 is 0. The van der Waals surface area contributed by atoms with E-state index < -0.39 is 20.9 Å². The molecule has 0 aliphatic rings. The van der Waals surface area contributed by atoms with Crippen LogP contribution < -0.4 is 16.8 Å². The van der Waals surface area contributed by atoms with Gasteiger partial charge in [-0.1, -0.05) is 0 Å². The number of amides is 4. The molecule has 0 heterocycles. The molecule has 0 unspecified atom stereocenters. The molecule has 0 radical (unpaired) electrons. The third-order valence-electron chi connectivity index (χ3n) is 2.84. The van der Waals surface area contributed by atoms with Crippen molar-refractivity contribution in [1.82, 2.24) is 10.2 Å². The van der Waals surface area contributed by atoms with Crippen molar-refractivity contribution < 1.29 is 22.9 Å². The third kappa shape index (κ3) is 6.70. The van der Waals surface area contributed by atoms with Gasteiger partial charge in [-0.3, -0.25) is 0 Å². The molecule has 118 valence electrons. The fraction of sp³-hybridized carbons (Fsp3) is 0.800. The summed E-state index contributed by atoms with van der Waals surface area (Å²) in [5, 5.41) is 2.40. The highest BCUT2D eigenvalue weighted by Crippen LogP contribution is 2.15. The first kappa shape index (κ1) is 18.6. The number of urea groups is 2. The minimum atomic E-state index is -2.64. The Balaban J connectivity index is 4.20. The lowest BCUT2D eigenvalue weighted by molar-refractivity contribution is 0.121. The molecular formula is C10H24N4O5Si. The van der Waals surface area contributed by atoms with Gasteiger partial charge >= 0.3 is 20.9 Å². The van der Waals surface area contributed by atoms with E-state index in [0.717, 1.165) is 0 Å². The largest absolute Gasteiger partial charge is 0.500 e. The molecule has 0 spiro atoms. The molecule has 20 heavy (non-hydrogen) atoms. The maximum Gasteiger partial charge on any atom is 0.500 e. The summed E-state index contributed by atoms with van der Waals surface area (Å²) in [7, 11) is 1.95. The van der Waals surface area contributed by atoms with Gasteiger partial charge < -0.3 is 35.0 Å². The highest BCUT2D eigenvalue weighted by atomic mass is 28.4. The molecule has 0 atom stereocenters. The highest BCUT2D eigenvalue weighted by Gasteiger charge is 2.37. The summed E-state index contributed by atoms with van der Waals surface area (Å²) in [6.45, 7) is 0.958. The number of nitrogens with one attached hydrogen (secondary N) is 1. The van der Waals surface area contributed by atoms with Gasteiger partial charge in [-0.15, -0.1) is 0 Å². The Morgan fingerprint density at radius 2 is 1.65 bits per heavy atom. The number of primary amides is 2. The fourth-order valence-electron chi connectivity index (χ4n) is 1.69. The SMILES string of the molecule is CO[Si](CCCN(CCNC(N)=O)C(N)=O)(OC)OC. The molecule has 0 saturated heterocycles. The molecule has 0 saturated carbocycles. The lowest BCUT2D eigenvalue weighted by Crippen LogP contribution is -2.45. The Morgan fingerprint density at radius 3 is 2.05 bits per heavy atom. The van der Waals surface area contributed by atoms with Crippen molar-refractivity contribution in [2.75, 3.05) is 41.0 Å². The summed E-state index contributed by atoms with van der Waals surface area (Å²) in [6.07, 6.45) is 0.612. The van der Waals surface area contributed by atoms with Gasteiger partial charge in [-0.2, -0.15) is 0 Å². The number of carbonyl (C=O) groups is 2. The van der Waals surface area contributed by atoms with Crippen LogP contribution in [0.1, 0.15) is 6.42 Å². The van der Waals surface area contributed by atoms with Crippen molar-refractivity contribution in [3.8, 4) is 0 Å². The van der Waals surface area contributed by atoms with Crippen LogP contribution in [0.4, 0.5) is 9.59 Å². The molecule has 5 N–H and O–H groups in total. The molecule has 0 rings (SSSR count). The van der Waals surface area contributed by atoms with Gasteiger partial charge in [0.05, 0.1) is 0 Å². The number of hydrogen-bond acceptors (Lipinski definition) is 5. The Kier molecular flexibility index (Phi) is 8.88. The lowest BCUT2D eigenvalue weighted by atomic mass is 10.4. The van der Waals surface area contributed by atoms with Gasteiger partial charge in [0.15, 0.2) is 0 Å². The van der Waals surface area contributed by atoms with E-state index in [2.05, 4.69) is 5.32 Å². The normalized spacial score (nSPS) is 11.2. The zero-order chi connectivity index (χ0) is 15.6. The summed E-state index contributed by atoms with van der Waals surface area (Å²) < 4.78 is 15.8. The minimum absolute atomic E-state index is 0.250. The van der Waals surface area contributed by atoms with E-state index in [1.165, 1.54) is 26.2 Å². The van der Waals surface area contributed by atoms with Crippen molar-refractivity contribution in [3.05, 3.63) is 0 Å². The van der Waals surface area contributed by atoms with Gasteiger partial charge in [0, 0.05) is 47.0 Å². The molecule has 0 bridgehead atoms. The molecule has 0 aliphatic heterocycles. The van der Waals surface area contributed by atoms with E-state index in [9.17, 15) is 9.59 Å². The van der Waals surface area contributed by atoms with Crippen LogP contribution in [0.3, 0.4) is 0 Å². The molecule has 0 aromatic heterocycles. The van der Waals surface area contributed by atoms with E-state index >= 15 is 0 Å². The van der Waals surface area contributed by atoms with E-state index in [4.69, 9.17) is 24.7 Å². The second kappa shape index (κ2) is 9.53. The van der Waals surface area contributed by atoms with Crippen LogP contribution in [0.2, 0.25) is 6.04 Å². The highest BCUT2D eigenvalue weighted by molar-refractivity contribution is 6.60. The van der Waals surface area contributed by atoms with E-state index in [1.807, 2.05) is 0 Å². The van der Waals surface area contributed by atoms with Gasteiger partial charge in [0.2, 0.25) is 0 Å². The van der Waals surface area contributed by atoms with Gasteiger partial charge in [-0.25, -0.2) is 9.59 Å². The third-order valence-corrected chi connectivity index (χ3v) is 5.67. The number of rotatable bonds is 10. The molecule has 0 fully saturated rings. The van der Waals surface area contributed by atoms with E-state index in [0.29, 0.717) is 25.6 Å². The maximum absolute atomic E-state index is 11.3. The van der Waals surface area contributed by atoms with Crippen LogP contribution in [0, 0.1) is 0 Å². The Bertz CT molecular complexity index is 306. The van der Waals surface area contributed by atoms with Crippen molar-refractivity contribution in [2.24, 2.45) is 11.5 Å². The quantitative estimate of drug-likeness (QED) is 0.460. The van der Waals surface area contributed by atoms with E-state index in [-0.39, 0.29) is 6.54 Å². The first-order valence-electron chi connectivity index (χ1n) is 6.14. The molecule has 10 heteroatoms. The van der Waals surface area contributed by atoms with Crippen molar-refractivity contribution in [1.29, 1.82) is 0 Å².